The lowest BCUT2D eigenvalue weighted by atomic mass is 9.97. The summed E-state index contributed by atoms with van der Waals surface area (Å²) in [5.74, 6) is -0.526. The van der Waals surface area contributed by atoms with Crippen molar-refractivity contribution in [3.8, 4) is 6.07 Å². The van der Waals surface area contributed by atoms with Gasteiger partial charge in [-0.15, -0.1) is 0 Å². The van der Waals surface area contributed by atoms with Crippen molar-refractivity contribution in [2.45, 2.75) is 53.2 Å². The molecule has 1 N–H and O–H groups in total. The van der Waals surface area contributed by atoms with E-state index in [9.17, 15) is 9.59 Å². The van der Waals surface area contributed by atoms with Crippen LogP contribution in [-0.2, 0) is 14.3 Å². The standard InChI is InChI=1S/C14H24N2O4/c1-10(16-12(18)20-13(2,3)4)11(17)19-9-14(5,6)8-15-7/h10H,9H2,1-7H3/p+1. The second kappa shape index (κ2) is 7.13. The molecule has 0 aromatic rings. The first kappa shape index (κ1) is 18.2. The predicted octanol–water partition coefficient (Wildman–Crippen LogP) is 2.43. The molecule has 0 saturated heterocycles. The molecule has 1 unspecified atom stereocenters. The van der Waals surface area contributed by atoms with Crippen LogP contribution in [0.5, 0.6) is 0 Å². The highest BCUT2D eigenvalue weighted by molar-refractivity contribution is 5.81. The fraction of sp³-hybridized carbons (Fsp3) is 0.786. The van der Waals surface area contributed by atoms with Crippen LogP contribution in [-0.4, -0.2) is 37.4 Å². The topological polar surface area (TPSA) is 69.0 Å². The summed E-state index contributed by atoms with van der Waals surface area (Å²) in [6.07, 6.45) is -0.650. The third-order valence-corrected chi connectivity index (χ3v) is 2.08. The second-order valence-corrected chi connectivity index (χ2v) is 6.19. The molecular formula is C14H25N2O4+. The first-order valence-electron chi connectivity index (χ1n) is 6.49. The van der Waals surface area contributed by atoms with Crippen molar-refractivity contribution >= 4 is 12.1 Å². The molecule has 0 bridgehead atoms. The Morgan fingerprint density at radius 3 is 2.25 bits per heavy atom. The summed E-state index contributed by atoms with van der Waals surface area (Å²) >= 11 is 0. The lowest BCUT2D eigenvalue weighted by molar-refractivity contribution is -0.147. The Bertz CT molecular complexity index is 413. The van der Waals surface area contributed by atoms with Crippen molar-refractivity contribution in [1.82, 2.24) is 5.32 Å². The number of rotatable bonds is 4. The molecule has 0 aliphatic rings. The van der Waals surface area contributed by atoms with E-state index >= 15 is 0 Å². The van der Waals surface area contributed by atoms with E-state index in [0.717, 1.165) is 0 Å². The SMILES string of the molecule is C[N+]#CC(C)(C)COC(=O)C(C)NC(=O)OC(C)(C)C. The number of amides is 1. The van der Waals surface area contributed by atoms with Crippen LogP contribution in [0.2, 0.25) is 0 Å². The Kier molecular flexibility index (Phi) is 6.50. The highest BCUT2D eigenvalue weighted by atomic mass is 16.6. The molecule has 0 heterocycles. The highest BCUT2D eigenvalue weighted by Gasteiger charge is 2.27. The number of carbonyl (C=O) groups excluding carboxylic acids is 2. The normalized spacial score (nSPS) is 12.8. The molecule has 0 aliphatic carbocycles. The zero-order valence-corrected chi connectivity index (χ0v) is 13.4. The summed E-state index contributed by atoms with van der Waals surface area (Å²) in [5, 5.41) is 2.42. The molecule has 1 amide bonds. The van der Waals surface area contributed by atoms with E-state index in [1.165, 1.54) is 6.92 Å². The van der Waals surface area contributed by atoms with Crippen molar-refractivity contribution in [1.29, 1.82) is 0 Å². The molecule has 0 radical (unpaired) electrons. The van der Waals surface area contributed by atoms with Crippen molar-refractivity contribution in [3.63, 3.8) is 0 Å². The molecule has 0 saturated carbocycles. The molecule has 0 rings (SSSR count). The molecule has 0 aliphatic heterocycles. The van der Waals surface area contributed by atoms with Gasteiger partial charge in [-0.05, 0) is 41.5 Å². The van der Waals surface area contributed by atoms with Crippen LogP contribution in [0, 0.1) is 11.5 Å². The van der Waals surface area contributed by atoms with E-state index in [0.29, 0.717) is 0 Å². The molecule has 6 nitrogen and oxygen atoms in total. The summed E-state index contributed by atoms with van der Waals surface area (Å²) in [7, 11) is 1.61. The predicted molar refractivity (Wildman–Crippen MR) is 76.7 cm³/mol. The van der Waals surface area contributed by atoms with E-state index in [1.807, 2.05) is 13.8 Å². The van der Waals surface area contributed by atoms with Crippen molar-refractivity contribution in [2.75, 3.05) is 13.7 Å². The van der Waals surface area contributed by atoms with Gasteiger partial charge in [0.2, 0.25) is 0 Å². The molecule has 0 spiro atoms. The maximum Gasteiger partial charge on any atom is 0.408 e. The summed E-state index contributed by atoms with van der Waals surface area (Å²) < 4.78 is 10.2. The molecule has 0 aromatic carbocycles. The number of carbonyl (C=O) groups is 2. The summed E-state index contributed by atoms with van der Waals surface area (Å²) in [4.78, 5) is 27.0. The van der Waals surface area contributed by atoms with Gasteiger partial charge in [0.05, 0.1) is 0 Å². The van der Waals surface area contributed by atoms with Crippen molar-refractivity contribution in [2.24, 2.45) is 5.41 Å². The van der Waals surface area contributed by atoms with E-state index in [-0.39, 0.29) is 6.61 Å². The molecule has 0 fully saturated rings. The lowest BCUT2D eigenvalue weighted by Gasteiger charge is -2.21. The molecule has 1 atom stereocenters. The Morgan fingerprint density at radius 2 is 1.80 bits per heavy atom. The van der Waals surface area contributed by atoms with Crippen LogP contribution in [0.25, 0.3) is 4.85 Å². The maximum atomic E-state index is 11.7. The first-order chi connectivity index (χ1) is 8.97. The van der Waals surface area contributed by atoms with Gasteiger partial charge < -0.3 is 14.8 Å². The van der Waals surface area contributed by atoms with Crippen molar-refractivity contribution in [3.05, 3.63) is 4.85 Å². The number of hydrogen-bond acceptors (Lipinski definition) is 4. The molecular weight excluding hydrogens is 260 g/mol. The fourth-order valence-electron chi connectivity index (χ4n) is 1.25. The second-order valence-electron chi connectivity index (χ2n) is 6.19. The van der Waals surface area contributed by atoms with Gasteiger partial charge >= 0.3 is 12.1 Å². The van der Waals surface area contributed by atoms with Gasteiger partial charge in [-0.2, -0.15) is 0 Å². The number of alkyl carbamates (subject to hydrolysis) is 1. The van der Waals surface area contributed by atoms with Gasteiger partial charge in [0, 0.05) is 0 Å². The van der Waals surface area contributed by atoms with Crippen LogP contribution in [0.1, 0.15) is 41.5 Å². The fourth-order valence-corrected chi connectivity index (χ4v) is 1.25. The minimum Gasteiger partial charge on any atom is -0.462 e. The van der Waals surface area contributed by atoms with E-state index in [4.69, 9.17) is 9.47 Å². The molecule has 6 heteroatoms. The Morgan fingerprint density at radius 1 is 1.25 bits per heavy atom. The summed E-state index contributed by atoms with van der Waals surface area (Å²) in [6.45, 7) is 10.6. The number of esters is 1. The summed E-state index contributed by atoms with van der Waals surface area (Å²) in [5.41, 5.74) is -1.07. The first-order valence-corrected chi connectivity index (χ1v) is 6.49. The van der Waals surface area contributed by atoms with Gasteiger partial charge in [0.25, 0.3) is 13.1 Å². The summed E-state index contributed by atoms with van der Waals surface area (Å²) in [6, 6.07) is 2.05. The van der Waals surface area contributed by atoms with Crippen molar-refractivity contribution < 1.29 is 19.1 Å². The van der Waals surface area contributed by atoms with Gasteiger partial charge in [-0.1, -0.05) is 4.85 Å². The smallest absolute Gasteiger partial charge is 0.408 e. The van der Waals surface area contributed by atoms with E-state index < -0.39 is 29.1 Å². The molecule has 114 valence electrons. The van der Waals surface area contributed by atoms with Gasteiger partial charge in [-0.3, -0.25) is 0 Å². The number of ether oxygens (including phenoxy) is 2. The molecule has 20 heavy (non-hydrogen) atoms. The van der Waals surface area contributed by atoms with Gasteiger partial charge in [-0.25, -0.2) is 9.59 Å². The minimum atomic E-state index is -0.779. The largest absolute Gasteiger partial charge is 0.462 e. The van der Waals surface area contributed by atoms with Crippen LogP contribution < -0.4 is 5.32 Å². The van der Waals surface area contributed by atoms with Gasteiger partial charge in [0.15, 0.2) is 0 Å². The number of nitrogens with zero attached hydrogens (tertiary/aromatic N) is 1. The quantitative estimate of drug-likeness (QED) is 0.805. The number of hydrogen-bond donors (Lipinski definition) is 1. The van der Waals surface area contributed by atoms with E-state index in [2.05, 4.69) is 16.2 Å². The van der Waals surface area contributed by atoms with Crippen LogP contribution in [0.4, 0.5) is 4.79 Å². The number of nitrogens with one attached hydrogen (secondary N) is 1. The van der Waals surface area contributed by atoms with Crippen LogP contribution in [0.15, 0.2) is 0 Å². The third kappa shape index (κ3) is 8.35. The van der Waals surface area contributed by atoms with Gasteiger partial charge in [0.1, 0.15) is 23.7 Å². The monoisotopic (exact) mass is 285 g/mol. The molecule has 0 aromatic heterocycles. The Hall–Kier alpha value is -1.77. The Labute approximate surface area is 120 Å². The average Bonchev–Trinajstić information content (AvgIpc) is 2.22. The zero-order chi connectivity index (χ0) is 16.0. The van der Waals surface area contributed by atoms with E-state index in [1.54, 1.807) is 27.8 Å². The lowest BCUT2D eigenvalue weighted by Crippen LogP contribution is -2.43. The maximum absolute atomic E-state index is 11.7. The van der Waals surface area contributed by atoms with Crippen LogP contribution >= 0.6 is 0 Å². The highest BCUT2D eigenvalue weighted by Crippen LogP contribution is 2.14. The zero-order valence-electron chi connectivity index (χ0n) is 13.4. The third-order valence-electron chi connectivity index (χ3n) is 2.08. The van der Waals surface area contributed by atoms with Crippen LogP contribution in [0.3, 0.4) is 0 Å². The Balaban J connectivity index is 4.29. The minimum absolute atomic E-state index is 0.142. The average molecular weight is 285 g/mol.